The Morgan fingerprint density at radius 2 is 2.08 bits per heavy atom. The van der Waals surface area contributed by atoms with Crippen molar-refractivity contribution >= 4 is 11.6 Å². The molecule has 0 fully saturated rings. The van der Waals surface area contributed by atoms with Crippen LogP contribution < -0.4 is 15.4 Å². The van der Waals surface area contributed by atoms with Crippen LogP contribution in [0.1, 0.15) is 64.5 Å². The van der Waals surface area contributed by atoms with Gasteiger partial charge in [0.15, 0.2) is 6.61 Å². The monoisotopic (exact) mass is 350 g/mol. The van der Waals surface area contributed by atoms with Crippen molar-refractivity contribution in [3.05, 3.63) is 17.7 Å². The molecule has 1 aromatic carbocycles. The lowest BCUT2D eigenvalue weighted by Gasteiger charge is -2.29. The van der Waals surface area contributed by atoms with Gasteiger partial charge in [-0.1, -0.05) is 32.6 Å². The highest BCUT2D eigenvalue weighted by molar-refractivity contribution is 5.96. The van der Waals surface area contributed by atoms with Gasteiger partial charge in [0, 0.05) is 23.7 Å². The molecule has 0 radical (unpaired) electrons. The normalized spacial score (nSPS) is 15.3. The van der Waals surface area contributed by atoms with Crippen LogP contribution in [-0.4, -0.2) is 34.8 Å². The lowest BCUT2D eigenvalue weighted by Crippen LogP contribution is -2.41. The van der Waals surface area contributed by atoms with Crippen LogP contribution in [0.15, 0.2) is 12.1 Å². The molecule has 0 saturated carbocycles. The van der Waals surface area contributed by atoms with Gasteiger partial charge in [-0.25, -0.2) is 0 Å². The molecular weight excluding hydrogens is 320 g/mol. The second-order valence-electron chi connectivity index (χ2n) is 7.34. The molecule has 25 heavy (non-hydrogen) atoms. The van der Waals surface area contributed by atoms with E-state index in [2.05, 4.69) is 31.4 Å². The number of aromatic hydroxyl groups is 1. The van der Waals surface area contributed by atoms with Crippen LogP contribution in [0, 0.1) is 0 Å². The lowest BCUT2D eigenvalue weighted by molar-refractivity contribution is -0.118. The number of nitrogens with one attached hydrogen (secondary N) is 2. The van der Waals surface area contributed by atoms with Gasteiger partial charge in [-0.3, -0.25) is 4.79 Å². The predicted molar refractivity (Wildman–Crippen MR) is 98.0 cm³/mol. The Labute approximate surface area is 149 Å². The average Bonchev–Trinajstić information content (AvgIpc) is 2.55. The Morgan fingerprint density at radius 1 is 1.32 bits per heavy atom. The number of phenolic OH excluding ortho intramolecular Hbond substituents is 1. The highest BCUT2D eigenvalue weighted by atomic mass is 16.5. The number of hydrogen-bond acceptors (Lipinski definition) is 5. The van der Waals surface area contributed by atoms with Crippen molar-refractivity contribution < 1.29 is 19.7 Å². The van der Waals surface area contributed by atoms with Gasteiger partial charge in [0.05, 0.1) is 11.8 Å². The Morgan fingerprint density at radius 3 is 2.80 bits per heavy atom. The fourth-order valence-corrected chi connectivity index (χ4v) is 3.03. The predicted octanol–water partition coefficient (Wildman–Crippen LogP) is 3.10. The fourth-order valence-electron chi connectivity index (χ4n) is 3.03. The number of aliphatic hydroxyl groups is 1. The Balaban J connectivity index is 1.99. The molecule has 1 aromatic rings. The van der Waals surface area contributed by atoms with Crippen molar-refractivity contribution in [3.63, 3.8) is 0 Å². The summed E-state index contributed by atoms with van der Waals surface area (Å²) < 4.78 is 5.46. The number of aliphatic hydroxyl groups excluding tert-OH is 1. The van der Waals surface area contributed by atoms with Crippen LogP contribution in [0.5, 0.6) is 11.5 Å². The van der Waals surface area contributed by atoms with Crippen molar-refractivity contribution in [2.45, 2.75) is 64.5 Å². The summed E-state index contributed by atoms with van der Waals surface area (Å²) in [6.45, 7) is 6.70. The molecule has 4 N–H and O–H groups in total. The molecule has 6 heteroatoms. The molecule has 1 aliphatic rings. The molecule has 0 saturated heterocycles. The number of hydrogen-bond donors (Lipinski definition) is 4. The zero-order chi connectivity index (χ0) is 18.4. The first kappa shape index (κ1) is 19.5. The first-order valence-electron chi connectivity index (χ1n) is 9.05. The van der Waals surface area contributed by atoms with E-state index < -0.39 is 6.10 Å². The molecular formula is C19H30N2O4. The number of fused-ring (bicyclic) bond motifs is 1. The third-order valence-corrected chi connectivity index (χ3v) is 4.51. The molecule has 1 amide bonds. The molecule has 0 spiro atoms. The number of ether oxygens (including phenoxy) is 1. The van der Waals surface area contributed by atoms with Crippen LogP contribution in [0.2, 0.25) is 0 Å². The van der Waals surface area contributed by atoms with Crippen LogP contribution in [0.25, 0.3) is 0 Å². The fraction of sp³-hybridized carbons (Fsp3) is 0.632. The summed E-state index contributed by atoms with van der Waals surface area (Å²) in [4.78, 5) is 11.4. The van der Waals surface area contributed by atoms with Crippen molar-refractivity contribution in [2.75, 3.05) is 18.5 Å². The largest absolute Gasteiger partial charge is 0.508 e. The van der Waals surface area contributed by atoms with Gasteiger partial charge in [0.2, 0.25) is 0 Å². The van der Waals surface area contributed by atoms with Gasteiger partial charge < -0.3 is 25.6 Å². The number of carbonyl (C=O) groups excluding carboxylic acids is 1. The number of benzene rings is 1. The number of β-amino-alcohol motifs (C(OH)–C–C–N with tert-alkyl or cyclic N) is 1. The minimum Gasteiger partial charge on any atom is -0.508 e. The highest BCUT2D eigenvalue weighted by Gasteiger charge is 2.25. The third-order valence-electron chi connectivity index (χ3n) is 4.51. The number of unbranched alkanes of at least 4 members (excludes halogenated alkanes) is 3. The van der Waals surface area contributed by atoms with Crippen molar-refractivity contribution in [3.8, 4) is 11.5 Å². The standard InChI is InChI=1S/C19H30N2O4/c1-4-5-6-7-8-19(2,3)20-11-16(23)14-9-13(22)10-15-18(14)25-12-17(24)21-15/h9-10,16,20,22-23H,4-8,11-12H2,1-3H3,(H,21,24)/t16-/m0/s1. The summed E-state index contributed by atoms with van der Waals surface area (Å²) >= 11 is 0. The Kier molecular flexibility index (Phi) is 6.67. The van der Waals surface area contributed by atoms with Crippen LogP contribution in [-0.2, 0) is 4.79 Å². The SMILES string of the molecule is CCCCCCC(C)(C)NC[C@H](O)c1cc(O)cc2c1OCC(=O)N2. The molecule has 2 rings (SSSR count). The quantitative estimate of drug-likeness (QED) is 0.514. The Bertz CT molecular complexity index is 601. The first-order chi connectivity index (χ1) is 11.8. The molecule has 1 aliphatic heterocycles. The molecule has 0 bridgehead atoms. The number of anilines is 1. The van der Waals surface area contributed by atoms with Crippen LogP contribution in [0.4, 0.5) is 5.69 Å². The molecule has 0 unspecified atom stereocenters. The van der Waals surface area contributed by atoms with Crippen molar-refractivity contribution in [1.82, 2.24) is 5.32 Å². The van der Waals surface area contributed by atoms with E-state index in [0.29, 0.717) is 23.5 Å². The first-order valence-corrected chi connectivity index (χ1v) is 9.05. The molecule has 6 nitrogen and oxygen atoms in total. The lowest BCUT2D eigenvalue weighted by atomic mass is 9.95. The molecule has 0 aliphatic carbocycles. The maximum atomic E-state index is 11.4. The summed E-state index contributed by atoms with van der Waals surface area (Å²) in [6.07, 6.45) is 5.02. The number of phenols is 1. The topological polar surface area (TPSA) is 90.8 Å². The summed E-state index contributed by atoms with van der Waals surface area (Å²) in [5, 5.41) is 26.5. The third kappa shape index (κ3) is 5.61. The maximum Gasteiger partial charge on any atom is 0.262 e. The van der Waals surface area contributed by atoms with Gasteiger partial charge in [-0.2, -0.15) is 0 Å². The van der Waals surface area contributed by atoms with E-state index in [1.165, 1.54) is 31.4 Å². The van der Waals surface area contributed by atoms with Crippen molar-refractivity contribution in [1.29, 1.82) is 0 Å². The average molecular weight is 350 g/mol. The van der Waals surface area contributed by atoms with E-state index >= 15 is 0 Å². The van der Waals surface area contributed by atoms with E-state index in [1.807, 2.05) is 0 Å². The van der Waals surface area contributed by atoms with Gasteiger partial charge in [-0.05, 0) is 26.3 Å². The van der Waals surface area contributed by atoms with E-state index in [9.17, 15) is 15.0 Å². The van der Waals surface area contributed by atoms with Gasteiger partial charge >= 0.3 is 0 Å². The minimum atomic E-state index is -0.842. The van der Waals surface area contributed by atoms with Crippen molar-refractivity contribution in [2.24, 2.45) is 0 Å². The number of carbonyl (C=O) groups is 1. The maximum absolute atomic E-state index is 11.4. The van der Waals surface area contributed by atoms with Gasteiger partial charge in [-0.15, -0.1) is 0 Å². The molecule has 1 heterocycles. The zero-order valence-electron chi connectivity index (χ0n) is 15.4. The van der Waals surface area contributed by atoms with Gasteiger partial charge in [0.25, 0.3) is 5.91 Å². The summed E-state index contributed by atoms with van der Waals surface area (Å²) in [5.41, 5.74) is 0.786. The molecule has 1 atom stereocenters. The zero-order valence-corrected chi connectivity index (χ0v) is 15.4. The van der Waals surface area contributed by atoms with E-state index in [4.69, 9.17) is 4.74 Å². The second-order valence-corrected chi connectivity index (χ2v) is 7.34. The second kappa shape index (κ2) is 8.54. The summed E-state index contributed by atoms with van der Waals surface area (Å²) in [7, 11) is 0. The highest BCUT2D eigenvalue weighted by Crippen LogP contribution is 2.38. The van der Waals surface area contributed by atoms with Gasteiger partial charge in [0.1, 0.15) is 11.5 Å². The number of rotatable bonds is 9. The molecule has 140 valence electrons. The summed E-state index contributed by atoms with van der Waals surface area (Å²) in [5.74, 6) is 0.134. The van der Waals surface area contributed by atoms with Crippen LogP contribution in [0.3, 0.4) is 0 Å². The minimum absolute atomic E-state index is 0.0163. The van der Waals surface area contributed by atoms with E-state index in [-0.39, 0.29) is 23.8 Å². The smallest absolute Gasteiger partial charge is 0.262 e. The number of amides is 1. The van der Waals surface area contributed by atoms with Crippen LogP contribution >= 0.6 is 0 Å². The van der Waals surface area contributed by atoms with E-state index in [1.54, 1.807) is 0 Å². The van der Waals surface area contributed by atoms with E-state index in [0.717, 1.165) is 12.8 Å². The Hall–Kier alpha value is -1.79. The molecule has 0 aromatic heterocycles. The summed E-state index contributed by atoms with van der Waals surface area (Å²) in [6, 6.07) is 2.91.